The summed E-state index contributed by atoms with van der Waals surface area (Å²) in [4.78, 5) is 34.1. The molecule has 0 aliphatic heterocycles. The van der Waals surface area contributed by atoms with Gasteiger partial charge in [0.25, 0.3) is 5.69 Å². The fourth-order valence-corrected chi connectivity index (χ4v) is 2.74. The van der Waals surface area contributed by atoms with Gasteiger partial charge in [-0.05, 0) is 48.9 Å². The molecule has 8 nitrogen and oxygen atoms in total. The van der Waals surface area contributed by atoms with Gasteiger partial charge >= 0.3 is 5.97 Å². The summed E-state index contributed by atoms with van der Waals surface area (Å²) in [6, 6.07) is 20.1. The SMILES string of the molecule is Cc1ccc(NC(=O)CCC(=O)OCc2ccc(Oc3ccc([N+](=O)[O-])cc3)cc2)cc1. The second-order valence-electron chi connectivity index (χ2n) is 7.07. The Kier molecular flexibility index (Phi) is 7.53. The van der Waals surface area contributed by atoms with E-state index in [4.69, 9.17) is 9.47 Å². The summed E-state index contributed by atoms with van der Waals surface area (Å²) in [5.41, 5.74) is 2.53. The molecule has 32 heavy (non-hydrogen) atoms. The van der Waals surface area contributed by atoms with Crippen molar-refractivity contribution in [1.82, 2.24) is 0 Å². The van der Waals surface area contributed by atoms with E-state index in [0.29, 0.717) is 17.2 Å². The van der Waals surface area contributed by atoms with Crippen LogP contribution >= 0.6 is 0 Å². The maximum Gasteiger partial charge on any atom is 0.306 e. The number of nitrogens with zero attached hydrogens (tertiary/aromatic N) is 1. The molecule has 164 valence electrons. The number of benzene rings is 3. The summed E-state index contributed by atoms with van der Waals surface area (Å²) in [5.74, 6) is 0.300. The van der Waals surface area contributed by atoms with Crippen molar-refractivity contribution in [3.05, 3.63) is 94.0 Å². The molecule has 0 spiro atoms. The average Bonchev–Trinajstić information content (AvgIpc) is 2.79. The van der Waals surface area contributed by atoms with Gasteiger partial charge in [-0.3, -0.25) is 19.7 Å². The summed E-state index contributed by atoms with van der Waals surface area (Å²) in [6.07, 6.45) is 0.0216. The minimum atomic E-state index is -0.476. The van der Waals surface area contributed by atoms with Crippen LogP contribution in [-0.4, -0.2) is 16.8 Å². The molecule has 0 saturated heterocycles. The van der Waals surface area contributed by atoms with Crippen LogP contribution in [-0.2, 0) is 20.9 Å². The zero-order chi connectivity index (χ0) is 22.9. The third kappa shape index (κ3) is 6.94. The van der Waals surface area contributed by atoms with Gasteiger partial charge in [-0.25, -0.2) is 0 Å². The molecular formula is C24H22N2O6. The first-order chi connectivity index (χ1) is 15.4. The number of non-ortho nitro benzene ring substituents is 1. The molecule has 0 unspecified atom stereocenters. The lowest BCUT2D eigenvalue weighted by atomic mass is 10.2. The summed E-state index contributed by atoms with van der Waals surface area (Å²) in [6.45, 7) is 2.04. The molecule has 0 heterocycles. The van der Waals surface area contributed by atoms with Crippen LogP contribution in [0.5, 0.6) is 11.5 Å². The number of rotatable bonds is 9. The lowest BCUT2D eigenvalue weighted by Gasteiger charge is -2.08. The van der Waals surface area contributed by atoms with Crippen molar-refractivity contribution in [1.29, 1.82) is 0 Å². The van der Waals surface area contributed by atoms with Gasteiger partial charge in [0.05, 0.1) is 11.3 Å². The molecule has 0 aliphatic rings. The number of carbonyl (C=O) groups excluding carboxylic acids is 2. The van der Waals surface area contributed by atoms with Gasteiger partial charge in [0, 0.05) is 24.2 Å². The Labute approximate surface area is 184 Å². The molecule has 8 heteroatoms. The van der Waals surface area contributed by atoms with Crippen LogP contribution in [0.2, 0.25) is 0 Å². The first-order valence-electron chi connectivity index (χ1n) is 9.92. The number of nitro benzene ring substituents is 1. The van der Waals surface area contributed by atoms with Crippen molar-refractivity contribution in [3.8, 4) is 11.5 Å². The maximum atomic E-state index is 11.9. The number of nitrogens with one attached hydrogen (secondary N) is 1. The van der Waals surface area contributed by atoms with Gasteiger partial charge in [0.2, 0.25) is 5.91 Å². The predicted molar refractivity (Wildman–Crippen MR) is 118 cm³/mol. The van der Waals surface area contributed by atoms with Gasteiger partial charge in [-0.1, -0.05) is 29.8 Å². The topological polar surface area (TPSA) is 108 Å². The summed E-state index contributed by atoms with van der Waals surface area (Å²) in [5, 5.41) is 13.4. The molecule has 0 fully saturated rings. The molecule has 0 aliphatic carbocycles. The maximum absolute atomic E-state index is 11.9. The average molecular weight is 434 g/mol. The Balaban J connectivity index is 1.40. The lowest BCUT2D eigenvalue weighted by Crippen LogP contribution is -2.14. The molecule has 3 rings (SSSR count). The zero-order valence-electron chi connectivity index (χ0n) is 17.4. The third-order valence-electron chi connectivity index (χ3n) is 4.50. The van der Waals surface area contributed by atoms with Crippen molar-refractivity contribution in [2.24, 2.45) is 0 Å². The van der Waals surface area contributed by atoms with Crippen molar-refractivity contribution >= 4 is 23.3 Å². The molecule has 1 N–H and O–H groups in total. The number of ether oxygens (including phenoxy) is 2. The second kappa shape index (κ2) is 10.7. The molecule has 1 amide bonds. The Morgan fingerprint density at radius 1 is 0.875 bits per heavy atom. The van der Waals surface area contributed by atoms with Crippen molar-refractivity contribution in [2.45, 2.75) is 26.4 Å². The normalized spacial score (nSPS) is 10.3. The fourth-order valence-electron chi connectivity index (χ4n) is 2.74. The Morgan fingerprint density at radius 2 is 1.47 bits per heavy atom. The first-order valence-corrected chi connectivity index (χ1v) is 9.92. The van der Waals surface area contributed by atoms with Gasteiger partial charge < -0.3 is 14.8 Å². The highest BCUT2D eigenvalue weighted by Gasteiger charge is 2.09. The number of carbonyl (C=O) groups is 2. The van der Waals surface area contributed by atoms with E-state index in [9.17, 15) is 19.7 Å². The van der Waals surface area contributed by atoms with E-state index in [-0.39, 0.29) is 31.0 Å². The van der Waals surface area contributed by atoms with Crippen LogP contribution in [0.15, 0.2) is 72.8 Å². The standard InChI is InChI=1S/C24H22N2O6/c1-17-2-6-19(7-3-17)25-23(27)14-15-24(28)31-16-18-4-10-21(11-5-18)32-22-12-8-20(9-13-22)26(29)30/h2-13H,14-16H2,1H3,(H,25,27). The van der Waals surface area contributed by atoms with E-state index in [1.165, 1.54) is 24.3 Å². The van der Waals surface area contributed by atoms with Crippen molar-refractivity contribution < 1.29 is 24.0 Å². The van der Waals surface area contributed by atoms with Crippen LogP contribution in [0, 0.1) is 17.0 Å². The van der Waals surface area contributed by atoms with Crippen LogP contribution in [0.25, 0.3) is 0 Å². The van der Waals surface area contributed by atoms with E-state index >= 15 is 0 Å². The first kappa shape index (κ1) is 22.5. The van der Waals surface area contributed by atoms with Gasteiger partial charge in [0.1, 0.15) is 18.1 Å². The third-order valence-corrected chi connectivity index (χ3v) is 4.50. The Morgan fingerprint density at radius 3 is 2.06 bits per heavy atom. The highest BCUT2D eigenvalue weighted by molar-refractivity contribution is 5.92. The highest BCUT2D eigenvalue weighted by Crippen LogP contribution is 2.24. The number of esters is 1. The number of anilines is 1. The summed E-state index contributed by atoms with van der Waals surface area (Å²) < 4.78 is 10.9. The highest BCUT2D eigenvalue weighted by atomic mass is 16.6. The predicted octanol–water partition coefficient (Wildman–Crippen LogP) is 5.16. The fraction of sp³-hybridized carbons (Fsp3) is 0.167. The van der Waals surface area contributed by atoms with Crippen molar-refractivity contribution in [3.63, 3.8) is 0 Å². The number of hydrogen-bond acceptors (Lipinski definition) is 6. The molecule has 3 aromatic carbocycles. The molecule has 0 atom stereocenters. The number of nitro groups is 1. The molecule has 0 bridgehead atoms. The van der Waals surface area contributed by atoms with E-state index < -0.39 is 10.9 Å². The summed E-state index contributed by atoms with van der Waals surface area (Å²) >= 11 is 0. The number of aryl methyl sites for hydroxylation is 1. The molecule has 0 saturated carbocycles. The number of hydrogen-bond donors (Lipinski definition) is 1. The summed E-state index contributed by atoms with van der Waals surface area (Å²) in [7, 11) is 0. The van der Waals surface area contributed by atoms with E-state index in [2.05, 4.69) is 5.32 Å². The quantitative estimate of drug-likeness (QED) is 0.283. The van der Waals surface area contributed by atoms with Crippen LogP contribution in [0.4, 0.5) is 11.4 Å². The van der Waals surface area contributed by atoms with Crippen LogP contribution in [0.3, 0.4) is 0 Å². The van der Waals surface area contributed by atoms with Crippen LogP contribution < -0.4 is 10.1 Å². The molecular weight excluding hydrogens is 412 g/mol. The molecule has 0 radical (unpaired) electrons. The Bertz CT molecular complexity index is 1080. The molecule has 0 aromatic heterocycles. The molecule has 3 aromatic rings. The van der Waals surface area contributed by atoms with Gasteiger partial charge in [0.15, 0.2) is 0 Å². The van der Waals surface area contributed by atoms with Gasteiger partial charge in [-0.2, -0.15) is 0 Å². The van der Waals surface area contributed by atoms with Gasteiger partial charge in [-0.15, -0.1) is 0 Å². The minimum absolute atomic E-state index is 0.0119. The Hall–Kier alpha value is -4.20. The van der Waals surface area contributed by atoms with E-state index in [1.807, 2.05) is 19.1 Å². The van der Waals surface area contributed by atoms with Crippen LogP contribution in [0.1, 0.15) is 24.0 Å². The van der Waals surface area contributed by atoms with Crippen molar-refractivity contribution in [2.75, 3.05) is 5.32 Å². The zero-order valence-corrected chi connectivity index (χ0v) is 17.4. The van der Waals surface area contributed by atoms with E-state index in [0.717, 1.165) is 11.1 Å². The number of amides is 1. The monoisotopic (exact) mass is 434 g/mol. The van der Waals surface area contributed by atoms with E-state index in [1.54, 1.807) is 36.4 Å². The second-order valence-corrected chi connectivity index (χ2v) is 7.07. The smallest absolute Gasteiger partial charge is 0.306 e. The lowest BCUT2D eigenvalue weighted by molar-refractivity contribution is -0.384. The largest absolute Gasteiger partial charge is 0.461 e. The minimum Gasteiger partial charge on any atom is -0.461 e.